The molecule has 0 atom stereocenters. The van der Waals surface area contributed by atoms with E-state index in [1.165, 1.54) is 0 Å². The Bertz CT molecular complexity index is 814. The fourth-order valence-electron chi connectivity index (χ4n) is 1.98. The minimum absolute atomic E-state index is 0.0876. The van der Waals surface area contributed by atoms with Crippen molar-refractivity contribution in [2.24, 2.45) is 0 Å². The zero-order valence-corrected chi connectivity index (χ0v) is 11.7. The van der Waals surface area contributed by atoms with Crippen molar-refractivity contribution in [3.8, 4) is 22.8 Å². The number of rotatable bonds is 2. The van der Waals surface area contributed by atoms with Crippen LogP contribution in [-0.4, -0.2) is 20.2 Å². The summed E-state index contributed by atoms with van der Waals surface area (Å²) in [6, 6.07) is 7.73. The standard InChI is InChI=1S/C14H8ClF3N4/c15-11-4-2-1-3-8(11)12-20-13(22-21-12)9-7-19-6-5-10(9)14(16,17)18/h1-7H,(H,20,21,22). The molecular formula is C14H8ClF3N4. The number of hydrogen-bond donors (Lipinski definition) is 1. The molecule has 1 N–H and O–H groups in total. The van der Waals surface area contributed by atoms with Gasteiger partial charge in [-0.2, -0.15) is 18.3 Å². The molecule has 1 aromatic carbocycles. The van der Waals surface area contributed by atoms with Crippen LogP contribution in [0.15, 0.2) is 42.7 Å². The number of halogens is 4. The van der Waals surface area contributed by atoms with Gasteiger partial charge in [0, 0.05) is 18.0 Å². The zero-order valence-electron chi connectivity index (χ0n) is 10.9. The van der Waals surface area contributed by atoms with Crippen LogP contribution in [0.1, 0.15) is 5.56 Å². The number of aromatic nitrogens is 4. The van der Waals surface area contributed by atoms with E-state index in [1.807, 2.05) is 0 Å². The first-order valence-corrected chi connectivity index (χ1v) is 6.53. The van der Waals surface area contributed by atoms with E-state index in [2.05, 4.69) is 20.2 Å². The normalized spacial score (nSPS) is 11.6. The molecule has 112 valence electrons. The van der Waals surface area contributed by atoms with Gasteiger partial charge < -0.3 is 0 Å². The summed E-state index contributed by atoms with van der Waals surface area (Å²) in [5.74, 6) is 0.202. The lowest BCUT2D eigenvalue weighted by Gasteiger charge is -2.09. The van der Waals surface area contributed by atoms with Gasteiger partial charge in [0.15, 0.2) is 11.6 Å². The summed E-state index contributed by atoms with van der Waals surface area (Å²) < 4.78 is 39.0. The highest BCUT2D eigenvalue weighted by Crippen LogP contribution is 2.35. The number of aromatic amines is 1. The zero-order chi connectivity index (χ0) is 15.7. The fraction of sp³-hybridized carbons (Fsp3) is 0.0714. The summed E-state index contributed by atoms with van der Waals surface area (Å²) >= 11 is 6.04. The van der Waals surface area contributed by atoms with Crippen molar-refractivity contribution in [1.82, 2.24) is 20.2 Å². The average molecular weight is 325 g/mol. The second kappa shape index (κ2) is 5.42. The monoisotopic (exact) mass is 324 g/mol. The molecule has 0 fully saturated rings. The van der Waals surface area contributed by atoms with Gasteiger partial charge in [0.1, 0.15) is 0 Å². The second-order valence-electron chi connectivity index (χ2n) is 4.41. The van der Waals surface area contributed by atoms with E-state index in [0.29, 0.717) is 10.6 Å². The van der Waals surface area contributed by atoms with Crippen LogP contribution in [0.3, 0.4) is 0 Å². The molecule has 22 heavy (non-hydrogen) atoms. The molecule has 0 amide bonds. The van der Waals surface area contributed by atoms with Gasteiger partial charge in [0.25, 0.3) is 0 Å². The first-order valence-electron chi connectivity index (χ1n) is 6.15. The van der Waals surface area contributed by atoms with Crippen molar-refractivity contribution < 1.29 is 13.2 Å². The fourth-order valence-corrected chi connectivity index (χ4v) is 2.20. The van der Waals surface area contributed by atoms with E-state index in [0.717, 1.165) is 18.5 Å². The SMILES string of the molecule is FC(F)(F)c1ccncc1-c1n[nH]c(-c2ccccc2Cl)n1. The molecule has 3 rings (SSSR count). The molecule has 2 heterocycles. The first-order chi connectivity index (χ1) is 10.5. The van der Waals surface area contributed by atoms with Gasteiger partial charge in [0.05, 0.1) is 16.1 Å². The van der Waals surface area contributed by atoms with E-state index in [1.54, 1.807) is 24.3 Å². The van der Waals surface area contributed by atoms with Crippen LogP contribution in [-0.2, 0) is 6.18 Å². The smallest absolute Gasteiger partial charge is 0.264 e. The van der Waals surface area contributed by atoms with Gasteiger partial charge in [-0.3, -0.25) is 10.1 Å². The molecule has 0 aliphatic heterocycles. The molecule has 3 aromatic rings. The van der Waals surface area contributed by atoms with Crippen LogP contribution in [0, 0.1) is 0 Å². The van der Waals surface area contributed by atoms with Gasteiger partial charge >= 0.3 is 6.18 Å². The summed E-state index contributed by atoms with van der Waals surface area (Å²) in [6.45, 7) is 0. The minimum Gasteiger partial charge on any atom is -0.264 e. The maximum atomic E-state index is 13.0. The molecule has 0 spiro atoms. The minimum atomic E-state index is -4.51. The lowest BCUT2D eigenvalue weighted by atomic mass is 10.1. The van der Waals surface area contributed by atoms with Crippen molar-refractivity contribution >= 4 is 11.6 Å². The lowest BCUT2D eigenvalue weighted by molar-refractivity contribution is -0.137. The Morgan fingerprint density at radius 3 is 2.55 bits per heavy atom. The number of benzene rings is 1. The van der Waals surface area contributed by atoms with Gasteiger partial charge in [-0.1, -0.05) is 23.7 Å². The largest absolute Gasteiger partial charge is 0.417 e. The summed E-state index contributed by atoms with van der Waals surface area (Å²) in [5, 5.41) is 6.87. The predicted molar refractivity (Wildman–Crippen MR) is 75.1 cm³/mol. The molecular weight excluding hydrogens is 317 g/mol. The summed E-state index contributed by atoms with van der Waals surface area (Å²) in [7, 11) is 0. The van der Waals surface area contributed by atoms with Crippen LogP contribution in [0.25, 0.3) is 22.8 Å². The summed E-state index contributed by atoms with van der Waals surface area (Å²) in [5.41, 5.74) is -0.475. The molecule has 0 saturated carbocycles. The Labute approximate surface area is 128 Å². The van der Waals surface area contributed by atoms with Crippen molar-refractivity contribution in [3.63, 3.8) is 0 Å². The highest BCUT2D eigenvalue weighted by Gasteiger charge is 2.34. The maximum absolute atomic E-state index is 13.0. The Morgan fingerprint density at radius 1 is 1.05 bits per heavy atom. The van der Waals surface area contributed by atoms with Crippen LogP contribution in [0.5, 0.6) is 0 Å². The quantitative estimate of drug-likeness (QED) is 0.768. The van der Waals surface area contributed by atoms with Crippen LogP contribution in [0.2, 0.25) is 5.02 Å². The third-order valence-corrected chi connectivity index (χ3v) is 3.31. The van der Waals surface area contributed by atoms with E-state index < -0.39 is 11.7 Å². The topological polar surface area (TPSA) is 54.5 Å². The molecule has 0 unspecified atom stereocenters. The van der Waals surface area contributed by atoms with E-state index in [-0.39, 0.29) is 17.2 Å². The molecule has 0 bridgehead atoms. The van der Waals surface area contributed by atoms with Crippen LogP contribution >= 0.6 is 11.6 Å². The summed E-state index contributed by atoms with van der Waals surface area (Å²) in [4.78, 5) is 7.81. The van der Waals surface area contributed by atoms with Crippen LogP contribution in [0.4, 0.5) is 13.2 Å². The lowest BCUT2D eigenvalue weighted by Crippen LogP contribution is -2.07. The van der Waals surface area contributed by atoms with E-state index >= 15 is 0 Å². The van der Waals surface area contributed by atoms with Crippen molar-refractivity contribution in [2.75, 3.05) is 0 Å². The van der Waals surface area contributed by atoms with Gasteiger partial charge in [-0.15, -0.1) is 0 Å². The van der Waals surface area contributed by atoms with Crippen molar-refractivity contribution in [3.05, 3.63) is 53.3 Å². The molecule has 0 saturated heterocycles. The Kier molecular flexibility index (Phi) is 3.58. The molecule has 0 aliphatic rings. The highest BCUT2D eigenvalue weighted by atomic mass is 35.5. The molecule has 8 heteroatoms. The van der Waals surface area contributed by atoms with E-state index in [9.17, 15) is 13.2 Å². The molecule has 4 nitrogen and oxygen atoms in total. The predicted octanol–water partition coefficient (Wildman–Crippen LogP) is 4.21. The van der Waals surface area contributed by atoms with Gasteiger partial charge in [-0.05, 0) is 18.2 Å². The Hall–Kier alpha value is -2.41. The molecule has 0 aliphatic carbocycles. The average Bonchev–Trinajstić information content (AvgIpc) is 2.96. The number of alkyl halides is 3. The third-order valence-electron chi connectivity index (χ3n) is 2.98. The number of nitrogens with zero attached hydrogens (tertiary/aromatic N) is 3. The van der Waals surface area contributed by atoms with Gasteiger partial charge in [-0.25, -0.2) is 4.98 Å². The highest BCUT2D eigenvalue weighted by molar-refractivity contribution is 6.33. The third kappa shape index (κ3) is 2.67. The van der Waals surface area contributed by atoms with Crippen LogP contribution < -0.4 is 0 Å². The van der Waals surface area contributed by atoms with Gasteiger partial charge in [0.2, 0.25) is 0 Å². The Balaban J connectivity index is 2.08. The number of pyridine rings is 1. The first kappa shape index (κ1) is 14.5. The van der Waals surface area contributed by atoms with Crippen molar-refractivity contribution in [2.45, 2.75) is 6.18 Å². The Morgan fingerprint density at radius 2 is 1.82 bits per heavy atom. The summed E-state index contributed by atoms with van der Waals surface area (Å²) in [6.07, 6.45) is -2.35. The number of H-pyrrole nitrogens is 1. The number of hydrogen-bond acceptors (Lipinski definition) is 3. The van der Waals surface area contributed by atoms with E-state index in [4.69, 9.17) is 11.6 Å². The van der Waals surface area contributed by atoms with Crippen molar-refractivity contribution in [1.29, 1.82) is 0 Å². The molecule has 2 aromatic heterocycles. The number of nitrogens with one attached hydrogen (secondary N) is 1. The molecule has 0 radical (unpaired) electrons. The second-order valence-corrected chi connectivity index (χ2v) is 4.81. The maximum Gasteiger partial charge on any atom is 0.417 e.